The number of carbonyl (C=O) groups is 1. The number of aryl methyl sites for hydroxylation is 2. The number of amides is 1. The maximum absolute atomic E-state index is 12.4. The first-order valence-corrected chi connectivity index (χ1v) is 7.21. The summed E-state index contributed by atoms with van der Waals surface area (Å²) in [6.07, 6.45) is 1.05. The molecule has 2 aromatic rings. The Morgan fingerprint density at radius 1 is 1.19 bits per heavy atom. The highest BCUT2D eigenvalue weighted by molar-refractivity contribution is 6.04. The number of hydrogen-bond acceptors (Lipinski definition) is 2. The van der Waals surface area contributed by atoms with Gasteiger partial charge in [0.2, 0.25) is 0 Å². The van der Waals surface area contributed by atoms with E-state index in [1.807, 2.05) is 51.1 Å². The van der Waals surface area contributed by atoms with E-state index in [9.17, 15) is 4.79 Å². The minimum absolute atomic E-state index is 0.0793. The van der Waals surface area contributed by atoms with Gasteiger partial charge < -0.3 is 10.1 Å². The van der Waals surface area contributed by atoms with E-state index in [4.69, 9.17) is 4.74 Å². The summed E-state index contributed by atoms with van der Waals surface area (Å²) in [7, 11) is 0. The van der Waals surface area contributed by atoms with Crippen LogP contribution in [0.2, 0.25) is 0 Å². The number of fused-ring (bicyclic) bond motifs is 1. The number of hydrogen-bond donors (Lipinski definition) is 1. The SMILES string of the molecule is Cc1ccc(NC(=O)c2ccc3c(c2)C[C@@H](C)O3)c(C)c1. The van der Waals surface area contributed by atoms with Crippen LogP contribution in [0.5, 0.6) is 5.75 Å². The van der Waals surface area contributed by atoms with Gasteiger partial charge in [0.1, 0.15) is 11.9 Å². The van der Waals surface area contributed by atoms with Gasteiger partial charge in [0.05, 0.1) is 0 Å². The van der Waals surface area contributed by atoms with Gasteiger partial charge in [0.15, 0.2) is 0 Å². The molecule has 1 atom stereocenters. The van der Waals surface area contributed by atoms with Crippen LogP contribution in [0.1, 0.15) is 34.0 Å². The van der Waals surface area contributed by atoms with Gasteiger partial charge in [-0.15, -0.1) is 0 Å². The summed E-state index contributed by atoms with van der Waals surface area (Å²) in [6.45, 7) is 6.08. The van der Waals surface area contributed by atoms with Crippen molar-refractivity contribution in [1.29, 1.82) is 0 Å². The van der Waals surface area contributed by atoms with Crippen molar-refractivity contribution in [3.63, 3.8) is 0 Å². The molecule has 2 aromatic carbocycles. The molecule has 1 aliphatic rings. The predicted octanol–water partition coefficient (Wildman–Crippen LogP) is 3.88. The van der Waals surface area contributed by atoms with E-state index >= 15 is 0 Å². The van der Waals surface area contributed by atoms with Crippen LogP contribution in [0.4, 0.5) is 5.69 Å². The van der Waals surface area contributed by atoms with Crippen LogP contribution >= 0.6 is 0 Å². The van der Waals surface area contributed by atoms with Crippen LogP contribution in [0, 0.1) is 13.8 Å². The number of nitrogens with one attached hydrogen (secondary N) is 1. The van der Waals surface area contributed by atoms with Gasteiger partial charge >= 0.3 is 0 Å². The standard InChI is InChI=1S/C18H19NO2/c1-11-4-6-16(12(2)8-11)19-18(20)14-5-7-17-15(10-14)9-13(3)21-17/h4-8,10,13H,9H2,1-3H3,(H,19,20)/t13-/m1/s1. The summed E-state index contributed by atoms with van der Waals surface area (Å²) < 4.78 is 5.66. The minimum atomic E-state index is -0.0793. The molecule has 21 heavy (non-hydrogen) atoms. The van der Waals surface area contributed by atoms with Crippen molar-refractivity contribution in [2.75, 3.05) is 5.32 Å². The highest BCUT2D eigenvalue weighted by atomic mass is 16.5. The Kier molecular flexibility index (Phi) is 3.42. The molecule has 0 aliphatic carbocycles. The highest BCUT2D eigenvalue weighted by Gasteiger charge is 2.20. The second-order valence-electron chi connectivity index (χ2n) is 5.73. The average Bonchev–Trinajstić information content (AvgIpc) is 2.80. The molecule has 1 aliphatic heterocycles. The van der Waals surface area contributed by atoms with E-state index in [1.54, 1.807) is 0 Å². The summed E-state index contributed by atoms with van der Waals surface area (Å²) in [5.74, 6) is 0.815. The first-order chi connectivity index (χ1) is 10.0. The van der Waals surface area contributed by atoms with Crippen LogP contribution in [0.15, 0.2) is 36.4 Å². The molecule has 3 heteroatoms. The lowest BCUT2D eigenvalue weighted by Gasteiger charge is -2.10. The normalized spacial score (nSPS) is 16.2. The molecule has 1 heterocycles. The molecule has 3 nitrogen and oxygen atoms in total. The topological polar surface area (TPSA) is 38.3 Å². The van der Waals surface area contributed by atoms with Crippen LogP contribution in [0.3, 0.4) is 0 Å². The lowest BCUT2D eigenvalue weighted by atomic mass is 10.1. The van der Waals surface area contributed by atoms with Crippen molar-refractivity contribution in [3.8, 4) is 5.75 Å². The van der Waals surface area contributed by atoms with Crippen molar-refractivity contribution in [2.24, 2.45) is 0 Å². The third kappa shape index (κ3) is 2.77. The molecule has 0 spiro atoms. The van der Waals surface area contributed by atoms with Crippen LogP contribution in [-0.4, -0.2) is 12.0 Å². The van der Waals surface area contributed by atoms with Crippen molar-refractivity contribution >= 4 is 11.6 Å². The number of benzene rings is 2. The van der Waals surface area contributed by atoms with Crippen LogP contribution < -0.4 is 10.1 Å². The fourth-order valence-corrected chi connectivity index (χ4v) is 2.71. The zero-order chi connectivity index (χ0) is 15.0. The summed E-state index contributed by atoms with van der Waals surface area (Å²) in [5, 5.41) is 2.98. The van der Waals surface area contributed by atoms with E-state index < -0.39 is 0 Å². The van der Waals surface area contributed by atoms with E-state index in [1.165, 1.54) is 5.56 Å². The van der Waals surface area contributed by atoms with Gasteiger partial charge in [-0.3, -0.25) is 4.79 Å². The Morgan fingerprint density at radius 2 is 2.00 bits per heavy atom. The molecule has 0 fully saturated rings. The van der Waals surface area contributed by atoms with Crippen molar-refractivity contribution in [3.05, 3.63) is 58.7 Å². The van der Waals surface area contributed by atoms with Gasteiger partial charge in [0, 0.05) is 17.7 Å². The molecule has 1 amide bonds. The predicted molar refractivity (Wildman–Crippen MR) is 84.1 cm³/mol. The molecule has 0 saturated carbocycles. The summed E-state index contributed by atoms with van der Waals surface area (Å²) in [6, 6.07) is 11.6. The Bertz CT molecular complexity index is 706. The zero-order valence-corrected chi connectivity index (χ0v) is 12.6. The highest BCUT2D eigenvalue weighted by Crippen LogP contribution is 2.29. The van der Waals surface area contributed by atoms with Crippen LogP contribution in [0.25, 0.3) is 0 Å². The fourth-order valence-electron chi connectivity index (χ4n) is 2.71. The number of rotatable bonds is 2. The molecule has 0 saturated heterocycles. The van der Waals surface area contributed by atoms with Crippen molar-refractivity contribution in [2.45, 2.75) is 33.3 Å². The van der Waals surface area contributed by atoms with Gasteiger partial charge in [-0.1, -0.05) is 17.7 Å². The molecule has 0 radical (unpaired) electrons. The summed E-state index contributed by atoms with van der Waals surface area (Å²) >= 11 is 0. The zero-order valence-electron chi connectivity index (χ0n) is 12.6. The Labute approximate surface area is 124 Å². The van der Waals surface area contributed by atoms with E-state index in [0.29, 0.717) is 5.56 Å². The maximum atomic E-state index is 12.4. The van der Waals surface area contributed by atoms with Crippen LogP contribution in [-0.2, 0) is 6.42 Å². The number of carbonyl (C=O) groups excluding carboxylic acids is 1. The smallest absolute Gasteiger partial charge is 0.255 e. The second-order valence-corrected chi connectivity index (χ2v) is 5.73. The number of anilines is 1. The Morgan fingerprint density at radius 3 is 2.76 bits per heavy atom. The molecule has 0 bridgehead atoms. The fraction of sp³-hybridized carbons (Fsp3) is 0.278. The lowest BCUT2D eigenvalue weighted by molar-refractivity contribution is 0.102. The van der Waals surface area contributed by atoms with Gasteiger partial charge in [-0.05, 0) is 56.2 Å². The summed E-state index contributed by atoms with van der Waals surface area (Å²) in [5.41, 5.74) is 4.90. The van der Waals surface area contributed by atoms with E-state index in [-0.39, 0.29) is 12.0 Å². The molecular formula is C18H19NO2. The quantitative estimate of drug-likeness (QED) is 0.907. The molecule has 0 unspecified atom stereocenters. The molecule has 0 aromatic heterocycles. The number of ether oxygens (including phenoxy) is 1. The minimum Gasteiger partial charge on any atom is -0.490 e. The Hall–Kier alpha value is -2.29. The van der Waals surface area contributed by atoms with Gasteiger partial charge in [-0.25, -0.2) is 0 Å². The van der Waals surface area contributed by atoms with Crippen molar-refractivity contribution < 1.29 is 9.53 Å². The van der Waals surface area contributed by atoms with Gasteiger partial charge in [-0.2, -0.15) is 0 Å². The second kappa shape index (κ2) is 5.24. The third-order valence-electron chi connectivity index (χ3n) is 3.79. The first-order valence-electron chi connectivity index (χ1n) is 7.21. The lowest BCUT2D eigenvalue weighted by Crippen LogP contribution is -2.13. The average molecular weight is 281 g/mol. The third-order valence-corrected chi connectivity index (χ3v) is 3.79. The molecule has 108 valence electrons. The summed E-state index contributed by atoms with van der Waals surface area (Å²) in [4.78, 5) is 12.4. The molecule has 1 N–H and O–H groups in total. The van der Waals surface area contributed by atoms with Gasteiger partial charge in [0.25, 0.3) is 5.91 Å². The monoisotopic (exact) mass is 281 g/mol. The Balaban J connectivity index is 1.81. The molecule has 3 rings (SSSR count). The van der Waals surface area contributed by atoms with E-state index in [2.05, 4.69) is 11.4 Å². The first kappa shape index (κ1) is 13.7. The molecular weight excluding hydrogens is 262 g/mol. The maximum Gasteiger partial charge on any atom is 0.255 e. The van der Waals surface area contributed by atoms with E-state index in [0.717, 1.165) is 29.0 Å². The van der Waals surface area contributed by atoms with Crippen molar-refractivity contribution in [1.82, 2.24) is 0 Å². The largest absolute Gasteiger partial charge is 0.490 e.